The highest BCUT2D eigenvalue weighted by Gasteiger charge is 2.36. The van der Waals surface area contributed by atoms with Crippen LogP contribution in [-0.2, 0) is 10.0 Å². The van der Waals surface area contributed by atoms with Crippen LogP contribution in [0.15, 0.2) is 66.0 Å². The van der Waals surface area contributed by atoms with Crippen molar-refractivity contribution in [3.05, 3.63) is 60.9 Å². The molecule has 1 N–H and O–H groups in total. The lowest BCUT2D eigenvalue weighted by Crippen LogP contribution is -2.47. The second-order valence-electron chi connectivity index (χ2n) is 9.45. The first-order chi connectivity index (χ1) is 17.1. The number of hydrogen-bond donors (Lipinski definition) is 1. The minimum Gasteiger partial charge on any atom is -0.367 e. The van der Waals surface area contributed by atoms with E-state index in [1.807, 2.05) is 30.3 Å². The van der Waals surface area contributed by atoms with E-state index in [1.165, 1.54) is 5.69 Å². The van der Waals surface area contributed by atoms with Crippen molar-refractivity contribution in [1.29, 1.82) is 0 Å². The lowest BCUT2D eigenvalue weighted by atomic mass is 10.1. The van der Waals surface area contributed by atoms with Gasteiger partial charge in [0.25, 0.3) is 10.0 Å². The van der Waals surface area contributed by atoms with Gasteiger partial charge in [0.1, 0.15) is 5.52 Å². The summed E-state index contributed by atoms with van der Waals surface area (Å²) in [6.45, 7) is 5.30. The molecule has 1 atom stereocenters. The number of H-pyrrole nitrogens is 1. The van der Waals surface area contributed by atoms with Crippen LogP contribution in [0.25, 0.3) is 21.9 Å². The summed E-state index contributed by atoms with van der Waals surface area (Å²) in [6.07, 6.45) is 4.41. The van der Waals surface area contributed by atoms with Crippen LogP contribution in [0.5, 0.6) is 0 Å². The fourth-order valence-corrected chi connectivity index (χ4v) is 7.14. The molecule has 2 aromatic heterocycles. The Kier molecular flexibility index (Phi) is 5.91. The van der Waals surface area contributed by atoms with Crippen molar-refractivity contribution in [2.45, 2.75) is 30.3 Å². The van der Waals surface area contributed by atoms with Gasteiger partial charge in [-0.2, -0.15) is 4.31 Å². The summed E-state index contributed by atoms with van der Waals surface area (Å²) in [5.74, 6) is 0. The smallest absolute Gasteiger partial charge is 0.260 e. The third-order valence-corrected chi connectivity index (χ3v) is 9.24. The van der Waals surface area contributed by atoms with E-state index in [0.29, 0.717) is 12.1 Å². The number of sulfonamides is 1. The zero-order valence-electron chi connectivity index (χ0n) is 19.7. The number of benzene rings is 2. The Bertz CT molecular complexity index is 1440. The molecular weight excluding hydrogens is 460 g/mol. The third kappa shape index (κ3) is 4.28. The normalized spacial score (nSPS) is 20.2. The molecule has 0 saturated carbocycles. The first kappa shape index (κ1) is 22.5. The molecule has 0 aliphatic carbocycles. The zero-order chi connectivity index (χ0) is 23.8. The Labute approximate surface area is 205 Å². The lowest BCUT2D eigenvalue weighted by molar-refractivity contribution is 0.232. The molecule has 0 spiro atoms. The van der Waals surface area contributed by atoms with Gasteiger partial charge in [-0.3, -0.25) is 4.90 Å². The number of fused-ring (bicyclic) bond motifs is 2. The van der Waals surface area contributed by atoms with Crippen LogP contribution in [0.4, 0.5) is 5.69 Å². The van der Waals surface area contributed by atoms with Gasteiger partial charge < -0.3 is 9.88 Å². The maximum Gasteiger partial charge on any atom is 0.260 e. The standard InChI is InChI=1S/C26H30N6O2S/c33-35(34,25-11-10-20-5-1-2-7-22(20)29-25)32-13-4-6-21(32)12-14-30-15-17-31(18-16-30)24-9-3-8-23-26(24)28-19-27-23/h1-3,5,7-11,19,21H,4,6,12-18H2,(H,27,28)/t21-/m1/s1. The van der Waals surface area contributed by atoms with Crippen LogP contribution in [-0.4, -0.2) is 77.9 Å². The molecule has 9 heteroatoms. The second kappa shape index (κ2) is 9.22. The quantitative estimate of drug-likeness (QED) is 0.446. The number of nitrogens with one attached hydrogen (secondary N) is 1. The predicted molar refractivity (Wildman–Crippen MR) is 138 cm³/mol. The highest BCUT2D eigenvalue weighted by molar-refractivity contribution is 7.89. The van der Waals surface area contributed by atoms with Crippen LogP contribution >= 0.6 is 0 Å². The van der Waals surface area contributed by atoms with Crippen molar-refractivity contribution < 1.29 is 8.42 Å². The average Bonchev–Trinajstić information content (AvgIpc) is 3.57. The molecule has 0 amide bonds. The van der Waals surface area contributed by atoms with Crippen molar-refractivity contribution in [1.82, 2.24) is 24.2 Å². The number of anilines is 1. The maximum absolute atomic E-state index is 13.5. The predicted octanol–water partition coefficient (Wildman–Crippen LogP) is 3.48. The maximum atomic E-state index is 13.5. The summed E-state index contributed by atoms with van der Waals surface area (Å²) >= 11 is 0. The monoisotopic (exact) mass is 490 g/mol. The highest BCUT2D eigenvalue weighted by atomic mass is 32.2. The van der Waals surface area contributed by atoms with Crippen molar-refractivity contribution in [3.63, 3.8) is 0 Å². The zero-order valence-corrected chi connectivity index (χ0v) is 20.5. The van der Waals surface area contributed by atoms with Crippen molar-refractivity contribution in [2.24, 2.45) is 0 Å². The number of pyridine rings is 1. The van der Waals surface area contributed by atoms with E-state index < -0.39 is 10.0 Å². The van der Waals surface area contributed by atoms with Gasteiger partial charge in [0.15, 0.2) is 5.03 Å². The number of imidazole rings is 1. The van der Waals surface area contributed by atoms with Gasteiger partial charge in [-0.25, -0.2) is 18.4 Å². The molecule has 182 valence electrons. The second-order valence-corrected chi connectivity index (χ2v) is 11.3. The summed E-state index contributed by atoms with van der Waals surface area (Å²) in [7, 11) is -3.61. The van der Waals surface area contributed by atoms with E-state index in [9.17, 15) is 8.42 Å². The lowest BCUT2D eigenvalue weighted by Gasteiger charge is -2.37. The van der Waals surface area contributed by atoms with E-state index >= 15 is 0 Å². The van der Waals surface area contributed by atoms with Gasteiger partial charge >= 0.3 is 0 Å². The van der Waals surface area contributed by atoms with E-state index in [1.54, 1.807) is 16.7 Å². The number of rotatable bonds is 6. The molecule has 6 rings (SSSR count). The molecule has 4 aromatic rings. The van der Waals surface area contributed by atoms with Crippen LogP contribution in [0.3, 0.4) is 0 Å². The summed E-state index contributed by atoms with van der Waals surface area (Å²) in [6, 6.07) is 17.4. The van der Waals surface area contributed by atoms with Crippen molar-refractivity contribution in [2.75, 3.05) is 44.2 Å². The molecule has 35 heavy (non-hydrogen) atoms. The van der Waals surface area contributed by atoms with Crippen LogP contribution in [0, 0.1) is 0 Å². The molecule has 2 aliphatic heterocycles. The molecule has 2 aromatic carbocycles. The fraction of sp³-hybridized carbons (Fsp3) is 0.385. The van der Waals surface area contributed by atoms with Crippen LogP contribution < -0.4 is 4.90 Å². The number of aromatic nitrogens is 3. The van der Waals surface area contributed by atoms with Crippen molar-refractivity contribution >= 4 is 37.6 Å². The molecule has 0 radical (unpaired) electrons. The Hall–Kier alpha value is -3.01. The third-order valence-electron chi connectivity index (χ3n) is 7.39. The van der Waals surface area contributed by atoms with Gasteiger partial charge in [-0.15, -0.1) is 0 Å². The van der Waals surface area contributed by atoms with Crippen LogP contribution in [0.1, 0.15) is 19.3 Å². The topological polar surface area (TPSA) is 85.4 Å². The number of aromatic amines is 1. The molecule has 0 unspecified atom stereocenters. The minimum atomic E-state index is -3.61. The van der Waals surface area contributed by atoms with E-state index in [0.717, 1.165) is 68.4 Å². The fourth-order valence-electron chi connectivity index (χ4n) is 5.47. The molecule has 4 heterocycles. The largest absolute Gasteiger partial charge is 0.367 e. The van der Waals surface area contributed by atoms with Gasteiger partial charge in [0, 0.05) is 44.2 Å². The number of para-hydroxylation sites is 2. The molecule has 8 nitrogen and oxygen atoms in total. The summed E-state index contributed by atoms with van der Waals surface area (Å²) < 4.78 is 28.6. The molecule has 2 aliphatic rings. The Balaban J connectivity index is 1.09. The van der Waals surface area contributed by atoms with Gasteiger partial charge in [-0.1, -0.05) is 24.3 Å². The van der Waals surface area contributed by atoms with E-state index in [-0.39, 0.29) is 11.1 Å². The first-order valence-corrected chi connectivity index (χ1v) is 13.8. The van der Waals surface area contributed by atoms with Gasteiger partial charge in [-0.05, 0) is 56.1 Å². The molecule has 2 saturated heterocycles. The van der Waals surface area contributed by atoms with E-state index in [2.05, 4.69) is 43.0 Å². The van der Waals surface area contributed by atoms with E-state index in [4.69, 9.17) is 0 Å². The van der Waals surface area contributed by atoms with Gasteiger partial charge in [0.2, 0.25) is 0 Å². The first-order valence-electron chi connectivity index (χ1n) is 12.4. The number of hydrogen-bond acceptors (Lipinski definition) is 6. The summed E-state index contributed by atoms with van der Waals surface area (Å²) in [5, 5.41) is 1.11. The highest BCUT2D eigenvalue weighted by Crippen LogP contribution is 2.29. The number of piperazine rings is 1. The van der Waals surface area contributed by atoms with Crippen molar-refractivity contribution in [3.8, 4) is 0 Å². The molecular formula is C26H30N6O2S. The average molecular weight is 491 g/mol. The van der Waals surface area contributed by atoms with Gasteiger partial charge in [0.05, 0.1) is 23.0 Å². The molecule has 2 fully saturated rings. The Morgan fingerprint density at radius 1 is 0.943 bits per heavy atom. The number of nitrogens with zero attached hydrogens (tertiary/aromatic N) is 5. The summed E-state index contributed by atoms with van der Waals surface area (Å²) in [5.41, 5.74) is 3.98. The molecule has 0 bridgehead atoms. The Morgan fingerprint density at radius 3 is 2.69 bits per heavy atom. The SMILES string of the molecule is O=S(=O)(c1ccc2ccccc2n1)N1CCC[C@@H]1CCN1CCN(c2cccc3[nH]cnc23)CC1. The minimum absolute atomic E-state index is 0.0316. The summed E-state index contributed by atoms with van der Waals surface area (Å²) in [4.78, 5) is 17.0. The Morgan fingerprint density at radius 2 is 1.80 bits per heavy atom. The van der Waals surface area contributed by atoms with Crippen LogP contribution in [0.2, 0.25) is 0 Å².